The molecule has 0 amide bonds. The maximum absolute atomic E-state index is 2.22. The molecule has 56 valence electrons. The van der Waals surface area contributed by atoms with Gasteiger partial charge < -0.3 is 0 Å². The van der Waals surface area contributed by atoms with Crippen molar-refractivity contribution in [3.8, 4) is 0 Å². The highest BCUT2D eigenvalue weighted by Crippen LogP contribution is 1.98. The highest BCUT2D eigenvalue weighted by molar-refractivity contribution is 4.77. The van der Waals surface area contributed by atoms with E-state index in [-0.39, 0.29) is 0 Å². The van der Waals surface area contributed by atoms with Crippen molar-refractivity contribution in [2.75, 3.05) is 0 Å². The normalized spacial score (nSPS) is 9.56. The molecule has 0 spiro atoms. The Morgan fingerprint density at radius 1 is 1.22 bits per heavy atom. The Labute approximate surface area is 60.0 Å². The van der Waals surface area contributed by atoms with Gasteiger partial charge in [-0.15, -0.1) is 0 Å². The lowest BCUT2D eigenvalue weighted by Crippen LogP contribution is -1.79. The van der Waals surface area contributed by atoms with E-state index in [4.69, 9.17) is 0 Å². The van der Waals surface area contributed by atoms with Gasteiger partial charge in [0.2, 0.25) is 0 Å². The minimum atomic E-state index is 0.816. The van der Waals surface area contributed by atoms with Gasteiger partial charge in [-0.25, -0.2) is 0 Å². The maximum Gasteiger partial charge on any atom is -0.0328 e. The van der Waals surface area contributed by atoms with Crippen molar-refractivity contribution < 1.29 is 0 Å². The summed E-state index contributed by atoms with van der Waals surface area (Å²) in [4.78, 5) is 0. The van der Waals surface area contributed by atoms with Crippen LogP contribution in [0.3, 0.4) is 0 Å². The molecule has 0 heterocycles. The summed E-state index contributed by atoms with van der Waals surface area (Å²) in [5.41, 5.74) is 0. The topological polar surface area (TPSA) is 0 Å². The summed E-state index contributed by atoms with van der Waals surface area (Å²) < 4.78 is 0. The van der Waals surface area contributed by atoms with Crippen LogP contribution in [-0.2, 0) is 0 Å². The quantitative estimate of drug-likeness (QED) is 0.498. The molecule has 0 aliphatic carbocycles. The van der Waals surface area contributed by atoms with E-state index in [9.17, 15) is 0 Å². The van der Waals surface area contributed by atoms with Crippen LogP contribution in [0.5, 0.6) is 0 Å². The second-order valence-corrected chi connectivity index (χ2v) is 2.20. The molecule has 0 aromatic rings. The minimum absolute atomic E-state index is 0.816. The van der Waals surface area contributed by atoms with Gasteiger partial charge in [0.25, 0.3) is 0 Å². The Hall–Kier alpha value is -0.260. The standard InChI is InChI=1S/C7H14.C2H6/c1-4-5-6-7(2)3;1-2/h4-5,7H,6H2,1-3H3;1-2H3/b5-4-;. The predicted octanol–water partition coefficient (Wildman–Crippen LogP) is 3.63. The lowest BCUT2D eigenvalue weighted by molar-refractivity contribution is 0.663. The summed E-state index contributed by atoms with van der Waals surface area (Å²) in [5, 5.41) is 0. The van der Waals surface area contributed by atoms with Gasteiger partial charge in [-0.1, -0.05) is 39.8 Å². The molecule has 0 radical (unpaired) electrons. The van der Waals surface area contributed by atoms with E-state index in [0.29, 0.717) is 0 Å². The first-order valence-electron chi connectivity index (χ1n) is 3.88. The second kappa shape index (κ2) is 10.7. The van der Waals surface area contributed by atoms with Crippen molar-refractivity contribution in [2.24, 2.45) is 5.92 Å². The van der Waals surface area contributed by atoms with Crippen LogP contribution in [-0.4, -0.2) is 0 Å². The zero-order chi connectivity index (χ0) is 7.70. The highest BCUT2D eigenvalue weighted by Gasteiger charge is 1.83. The van der Waals surface area contributed by atoms with E-state index in [2.05, 4.69) is 32.9 Å². The zero-order valence-corrected chi connectivity index (χ0v) is 7.44. The number of hydrogen-bond acceptors (Lipinski definition) is 0. The van der Waals surface area contributed by atoms with Gasteiger partial charge in [-0.2, -0.15) is 0 Å². The Kier molecular flexibility index (Phi) is 13.7. The number of allylic oxidation sites excluding steroid dienone is 2. The molecular formula is C9H20. The van der Waals surface area contributed by atoms with Crippen molar-refractivity contribution in [2.45, 2.75) is 41.0 Å². The fraction of sp³-hybridized carbons (Fsp3) is 0.778. The molecule has 0 aliphatic heterocycles. The minimum Gasteiger partial charge on any atom is -0.0917 e. The van der Waals surface area contributed by atoms with Gasteiger partial charge in [0.1, 0.15) is 0 Å². The average molecular weight is 128 g/mol. The highest BCUT2D eigenvalue weighted by atomic mass is 13.9. The Morgan fingerprint density at radius 3 is 1.78 bits per heavy atom. The smallest absolute Gasteiger partial charge is 0.0328 e. The van der Waals surface area contributed by atoms with Crippen molar-refractivity contribution in [1.29, 1.82) is 0 Å². The average Bonchev–Trinajstić information content (AvgIpc) is 1.88. The number of hydrogen-bond donors (Lipinski definition) is 0. The second-order valence-electron chi connectivity index (χ2n) is 2.20. The summed E-state index contributed by atoms with van der Waals surface area (Å²) in [6.45, 7) is 10.5. The summed E-state index contributed by atoms with van der Waals surface area (Å²) in [6, 6.07) is 0. The molecule has 0 fully saturated rings. The van der Waals surface area contributed by atoms with Crippen LogP contribution in [0.2, 0.25) is 0 Å². The fourth-order valence-corrected chi connectivity index (χ4v) is 0.408. The predicted molar refractivity (Wildman–Crippen MR) is 45.6 cm³/mol. The third kappa shape index (κ3) is 18.2. The molecule has 0 aliphatic rings. The molecule has 0 heteroatoms. The van der Waals surface area contributed by atoms with Gasteiger partial charge in [-0.3, -0.25) is 0 Å². The van der Waals surface area contributed by atoms with Crippen molar-refractivity contribution in [3.63, 3.8) is 0 Å². The molecule has 0 saturated carbocycles. The van der Waals surface area contributed by atoms with Gasteiger partial charge in [0.15, 0.2) is 0 Å². The molecule has 0 saturated heterocycles. The molecular weight excluding hydrogens is 108 g/mol. The zero-order valence-electron chi connectivity index (χ0n) is 7.44. The monoisotopic (exact) mass is 128 g/mol. The largest absolute Gasteiger partial charge is 0.0917 e. The fourth-order valence-electron chi connectivity index (χ4n) is 0.408. The van der Waals surface area contributed by atoms with Crippen LogP contribution in [0.25, 0.3) is 0 Å². The van der Waals surface area contributed by atoms with Crippen LogP contribution >= 0.6 is 0 Å². The molecule has 0 atom stereocenters. The van der Waals surface area contributed by atoms with E-state index >= 15 is 0 Å². The molecule has 0 rings (SSSR count). The first-order valence-corrected chi connectivity index (χ1v) is 3.88. The van der Waals surface area contributed by atoms with Crippen LogP contribution < -0.4 is 0 Å². The van der Waals surface area contributed by atoms with Crippen molar-refractivity contribution in [3.05, 3.63) is 12.2 Å². The van der Waals surface area contributed by atoms with E-state index in [1.165, 1.54) is 6.42 Å². The van der Waals surface area contributed by atoms with Gasteiger partial charge in [0.05, 0.1) is 0 Å². The molecule has 0 N–H and O–H groups in total. The molecule has 0 aromatic heterocycles. The summed E-state index contributed by atoms with van der Waals surface area (Å²) in [7, 11) is 0. The SMILES string of the molecule is C/C=C\CC(C)C.CC. The Bertz CT molecular complexity index is 51.1. The van der Waals surface area contributed by atoms with Crippen molar-refractivity contribution in [1.82, 2.24) is 0 Å². The van der Waals surface area contributed by atoms with E-state index in [1.54, 1.807) is 0 Å². The van der Waals surface area contributed by atoms with Crippen molar-refractivity contribution >= 4 is 0 Å². The van der Waals surface area contributed by atoms with Crippen LogP contribution in [0.1, 0.15) is 41.0 Å². The van der Waals surface area contributed by atoms with Crippen LogP contribution in [0.15, 0.2) is 12.2 Å². The van der Waals surface area contributed by atoms with Gasteiger partial charge in [-0.05, 0) is 19.3 Å². The Balaban J connectivity index is 0. The van der Waals surface area contributed by atoms with E-state index in [1.807, 2.05) is 13.8 Å². The Morgan fingerprint density at radius 2 is 1.67 bits per heavy atom. The molecule has 0 nitrogen and oxygen atoms in total. The third-order valence-corrected chi connectivity index (χ3v) is 0.843. The van der Waals surface area contributed by atoms with Crippen LogP contribution in [0, 0.1) is 5.92 Å². The molecule has 0 unspecified atom stereocenters. The van der Waals surface area contributed by atoms with Crippen LogP contribution in [0.4, 0.5) is 0 Å². The molecule has 0 aromatic carbocycles. The first kappa shape index (κ1) is 11.5. The first-order chi connectivity index (χ1) is 4.27. The lowest BCUT2D eigenvalue weighted by Gasteiger charge is -1.93. The summed E-state index contributed by atoms with van der Waals surface area (Å²) >= 11 is 0. The number of rotatable bonds is 2. The summed E-state index contributed by atoms with van der Waals surface area (Å²) in [6.07, 6.45) is 5.52. The lowest BCUT2D eigenvalue weighted by atomic mass is 10.1. The van der Waals surface area contributed by atoms with E-state index < -0.39 is 0 Å². The molecule has 0 bridgehead atoms. The molecule has 9 heavy (non-hydrogen) atoms. The maximum atomic E-state index is 2.22. The van der Waals surface area contributed by atoms with Gasteiger partial charge >= 0.3 is 0 Å². The third-order valence-electron chi connectivity index (χ3n) is 0.843. The summed E-state index contributed by atoms with van der Waals surface area (Å²) in [5.74, 6) is 0.816. The van der Waals surface area contributed by atoms with Gasteiger partial charge in [0, 0.05) is 0 Å². The van der Waals surface area contributed by atoms with E-state index in [0.717, 1.165) is 5.92 Å².